The SMILES string of the molecule is CC1CN(C(=O)CSc2ccccc2Cl)CCO1. The molecule has 98 valence electrons. The van der Waals surface area contributed by atoms with Crippen molar-refractivity contribution in [1.82, 2.24) is 4.90 Å². The van der Waals surface area contributed by atoms with Gasteiger partial charge in [0.25, 0.3) is 0 Å². The molecule has 5 heteroatoms. The molecule has 1 aliphatic rings. The van der Waals surface area contributed by atoms with E-state index < -0.39 is 0 Å². The van der Waals surface area contributed by atoms with Gasteiger partial charge < -0.3 is 9.64 Å². The smallest absolute Gasteiger partial charge is 0.233 e. The highest BCUT2D eigenvalue weighted by Gasteiger charge is 2.21. The van der Waals surface area contributed by atoms with E-state index in [1.165, 1.54) is 11.8 Å². The lowest BCUT2D eigenvalue weighted by molar-refractivity contribution is -0.135. The predicted molar refractivity (Wildman–Crippen MR) is 74.2 cm³/mol. The Morgan fingerprint density at radius 3 is 3.06 bits per heavy atom. The number of hydrogen-bond acceptors (Lipinski definition) is 3. The van der Waals surface area contributed by atoms with Gasteiger partial charge in [0.2, 0.25) is 5.91 Å². The maximum Gasteiger partial charge on any atom is 0.233 e. The fraction of sp³-hybridized carbons (Fsp3) is 0.462. The second-order valence-electron chi connectivity index (χ2n) is 4.24. The zero-order chi connectivity index (χ0) is 13.0. The summed E-state index contributed by atoms with van der Waals surface area (Å²) in [7, 11) is 0. The molecule has 0 radical (unpaired) electrons. The van der Waals surface area contributed by atoms with Crippen molar-refractivity contribution in [1.29, 1.82) is 0 Å². The van der Waals surface area contributed by atoms with Gasteiger partial charge in [-0.2, -0.15) is 0 Å². The summed E-state index contributed by atoms with van der Waals surface area (Å²) in [4.78, 5) is 14.8. The van der Waals surface area contributed by atoms with E-state index in [-0.39, 0.29) is 12.0 Å². The van der Waals surface area contributed by atoms with Gasteiger partial charge in [-0.25, -0.2) is 0 Å². The van der Waals surface area contributed by atoms with Crippen LogP contribution in [0.5, 0.6) is 0 Å². The molecule has 2 rings (SSSR count). The minimum Gasteiger partial charge on any atom is -0.375 e. The van der Waals surface area contributed by atoms with Crippen LogP contribution >= 0.6 is 23.4 Å². The molecular weight excluding hydrogens is 270 g/mol. The van der Waals surface area contributed by atoms with E-state index in [1.807, 2.05) is 36.1 Å². The zero-order valence-corrected chi connectivity index (χ0v) is 11.8. The summed E-state index contributed by atoms with van der Waals surface area (Å²) in [6.07, 6.45) is 0.132. The van der Waals surface area contributed by atoms with Gasteiger partial charge in [0.05, 0.1) is 23.5 Å². The van der Waals surface area contributed by atoms with E-state index in [0.717, 1.165) is 4.90 Å². The summed E-state index contributed by atoms with van der Waals surface area (Å²) >= 11 is 7.54. The van der Waals surface area contributed by atoms with Crippen LogP contribution in [0, 0.1) is 0 Å². The fourth-order valence-corrected chi connectivity index (χ4v) is 2.98. The highest BCUT2D eigenvalue weighted by atomic mass is 35.5. The molecule has 0 aliphatic carbocycles. The Morgan fingerprint density at radius 2 is 2.33 bits per heavy atom. The Morgan fingerprint density at radius 1 is 1.56 bits per heavy atom. The van der Waals surface area contributed by atoms with E-state index in [9.17, 15) is 4.79 Å². The van der Waals surface area contributed by atoms with Gasteiger partial charge in [-0.3, -0.25) is 4.79 Å². The molecule has 1 aromatic carbocycles. The molecule has 1 aromatic rings. The Kier molecular flexibility index (Phi) is 4.92. The molecule has 0 saturated carbocycles. The fourth-order valence-electron chi connectivity index (χ4n) is 1.84. The first-order chi connectivity index (χ1) is 8.66. The number of carbonyl (C=O) groups is 1. The summed E-state index contributed by atoms with van der Waals surface area (Å²) in [5.41, 5.74) is 0. The van der Waals surface area contributed by atoms with Crippen LogP contribution in [0.2, 0.25) is 5.02 Å². The topological polar surface area (TPSA) is 29.5 Å². The molecule has 0 N–H and O–H groups in total. The number of hydrogen-bond donors (Lipinski definition) is 0. The molecule has 0 bridgehead atoms. The van der Waals surface area contributed by atoms with E-state index in [2.05, 4.69) is 0 Å². The number of ether oxygens (including phenoxy) is 1. The second kappa shape index (κ2) is 6.45. The van der Waals surface area contributed by atoms with Gasteiger partial charge >= 0.3 is 0 Å². The molecule has 18 heavy (non-hydrogen) atoms. The third kappa shape index (κ3) is 3.64. The maximum absolute atomic E-state index is 12.0. The van der Waals surface area contributed by atoms with Gasteiger partial charge in [0, 0.05) is 18.0 Å². The molecule has 3 nitrogen and oxygen atoms in total. The van der Waals surface area contributed by atoms with Crippen molar-refractivity contribution in [2.24, 2.45) is 0 Å². The lowest BCUT2D eigenvalue weighted by Gasteiger charge is -2.31. The van der Waals surface area contributed by atoms with Crippen LogP contribution in [0.1, 0.15) is 6.92 Å². The predicted octanol–water partition coefficient (Wildman–Crippen LogP) is 2.68. The molecule has 1 fully saturated rings. The molecule has 0 aromatic heterocycles. The zero-order valence-electron chi connectivity index (χ0n) is 10.3. The van der Waals surface area contributed by atoms with Gasteiger partial charge in [0.15, 0.2) is 0 Å². The Hall–Kier alpha value is -0.710. The number of amides is 1. The van der Waals surface area contributed by atoms with E-state index in [1.54, 1.807) is 0 Å². The maximum atomic E-state index is 12.0. The molecule has 1 aliphatic heterocycles. The monoisotopic (exact) mass is 285 g/mol. The quantitative estimate of drug-likeness (QED) is 0.800. The van der Waals surface area contributed by atoms with Crippen molar-refractivity contribution in [3.05, 3.63) is 29.3 Å². The first-order valence-electron chi connectivity index (χ1n) is 5.93. The van der Waals surface area contributed by atoms with Crippen LogP contribution in [0.25, 0.3) is 0 Å². The number of benzene rings is 1. The number of rotatable bonds is 3. The first kappa shape index (κ1) is 13.7. The molecule has 1 atom stereocenters. The van der Waals surface area contributed by atoms with Crippen molar-refractivity contribution in [2.45, 2.75) is 17.9 Å². The van der Waals surface area contributed by atoms with E-state index >= 15 is 0 Å². The lowest BCUT2D eigenvalue weighted by atomic mass is 10.3. The second-order valence-corrected chi connectivity index (χ2v) is 5.66. The molecule has 1 unspecified atom stereocenters. The van der Waals surface area contributed by atoms with Crippen molar-refractivity contribution in [3.63, 3.8) is 0 Å². The standard InChI is InChI=1S/C13H16ClNO2S/c1-10-8-15(6-7-17-10)13(16)9-18-12-5-3-2-4-11(12)14/h2-5,10H,6-9H2,1H3. The molecular formula is C13H16ClNO2S. The van der Waals surface area contributed by atoms with E-state index in [0.29, 0.717) is 30.5 Å². The number of morpholine rings is 1. The van der Waals surface area contributed by atoms with Gasteiger partial charge in [-0.1, -0.05) is 23.7 Å². The largest absolute Gasteiger partial charge is 0.375 e. The minimum atomic E-state index is 0.132. The highest BCUT2D eigenvalue weighted by molar-refractivity contribution is 8.00. The molecule has 1 saturated heterocycles. The van der Waals surface area contributed by atoms with Crippen LogP contribution < -0.4 is 0 Å². The van der Waals surface area contributed by atoms with Crippen LogP contribution in [0.4, 0.5) is 0 Å². The number of halogens is 1. The summed E-state index contributed by atoms with van der Waals surface area (Å²) < 4.78 is 5.42. The molecule has 1 heterocycles. The Labute approximate surface area is 116 Å². The third-order valence-corrected chi connectivity index (χ3v) is 4.28. The van der Waals surface area contributed by atoms with Gasteiger partial charge in [-0.15, -0.1) is 11.8 Å². The lowest BCUT2D eigenvalue weighted by Crippen LogP contribution is -2.45. The molecule has 1 amide bonds. The summed E-state index contributed by atoms with van der Waals surface area (Å²) in [6, 6.07) is 7.58. The number of carbonyl (C=O) groups excluding carboxylic acids is 1. The normalized spacial score (nSPS) is 19.9. The average molecular weight is 286 g/mol. The van der Waals surface area contributed by atoms with Crippen LogP contribution in [0.15, 0.2) is 29.2 Å². The van der Waals surface area contributed by atoms with Crippen molar-refractivity contribution in [3.8, 4) is 0 Å². The summed E-state index contributed by atoms with van der Waals surface area (Å²) in [6.45, 7) is 3.98. The molecule has 0 spiro atoms. The first-order valence-corrected chi connectivity index (χ1v) is 7.30. The Bertz CT molecular complexity index is 427. The number of nitrogens with zero attached hydrogens (tertiary/aromatic N) is 1. The number of thioether (sulfide) groups is 1. The van der Waals surface area contributed by atoms with E-state index in [4.69, 9.17) is 16.3 Å². The Balaban J connectivity index is 1.86. The average Bonchev–Trinajstić information content (AvgIpc) is 2.37. The van der Waals surface area contributed by atoms with Gasteiger partial charge in [-0.05, 0) is 19.1 Å². The van der Waals surface area contributed by atoms with Crippen molar-refractivity contribution in [2.75, 3.05) is 25.4 Å². The summed E-state index contributed by atoms with van der Waals surface area (Å²) in [5.74, 6) is 0.575. The van der Waals surface area contributed by atoms with Gasteiger partial charge in [0.1, 0.15) is 0 Å². The van der Waals surface area contributed by atoms with Crippen molar-refractivity contribution >= 4 is 29.3 Å². The third-order valence-electron chi connectivity index (χ3n) is 2.78. The van der Waals surface area contributed by atoms with Crippen molar-refractivity contribution < 1.29 is 9.53 Å². The van der Waals surface area contributed by atoms with Crippen LogP contribution in [-0.4, -0.2) is 42.4 Å². The van der Waals surface area contributed by atoms with Crippen LogP contribution in [-0.2, 0) is 9.53 Å². The minimum absolute atomic E-state index is 0.132. The highest BCUT2D eigenvalue weighted by Crippen LogP contribution is 2.26. The summed E-state index contributed by atoms with van der Waals surface area (Å²) in [5, 5.41) is 0.700. The van der Waals surface area contributed by atoms with Crippen LogP contribution in [0.3, 0.4) is 0 Å².